The number of nitrogens with zero attached hydrogens (tertiary/aromatic N) is 1. The van der Waals surface area contributed by atoms with Gasteiger partial charge in [0.15, 0.2) is 0 Å². The Hall–Kier alpha value is -0.530. The first kappa shape index (κ1) is 9.56. The molecule has 0 aromatic heterocycles. The molecule has 0 aromatic carbocycles. The molecule has 2 aliphatic rings. The number of carbonyl (C=O) groups is 1. The maximum absolute atomic E-state index is 10.5. The van der Waals surface area contributed by atoms with Crippen molar-refractivity contribution in [3.8, 4) is 0 Å². The van der Waals surface area contributed by atoms with E-state index < -0.39 is 0 Å². The van der Waals surface area contributed by atoms with Gasteiger partial charge in [-0.05, 0) is 12.3 Å². The third-order valence-corrected chi connectivity index (χ3v) is 2.70. The lowest BCUT2D eigenvalue weighted by molar-refractivity contribution is -0.126. The molecule has 2 heteroatoms. The topological polar surface area (TPSA) is 20.3 Å². The van der Waals surface area contributed by atoms with E-state index in [0.29, 0.717) is 5.91 Å². The second-order valence-electron chi connectivity index (χ2n) is 3.95. The summed E-state index contributed by atoms with van der Waals surface area (Å²) in [7, 11) is 1.84. The molecule has 0 aromatic rings. The van der Waals surface area contributed by atoms with Crippen LogP contribution in [0.1, 0.15) is 39.0 Å². The monoisotopic (exact) mass is 169 g/mol. The number of amides is 1. The molecule has 1 saturated heterocycles. The average Bonchev–Trinajstić information content (AvgIpc) is 2.34. The maximum atomic E-state index is 10.5. The molecule has 0 unspecified atom stereocenters. The van der Waals surface area contributed by atoms with E-state index in [1.165, 1.54) is 19.3 Å². The van der Waals surface area contributed by atoms with Crippen molar-refractivity contribution in [2.75, 3.05) is 13.6 Å². The molecule has 2 nitrogen and oxygen atoms in total. The smallest absolute Gasteiger partial charge is 0.222 e. The fourth-order valence-corrected chi connectivity index (χ4v) is 1.40. The first-order chi connectivity index (χ1) is 5.70. The molecule has 70 valence electrons. The lowest BCUT2D eigenvalue weighted by atomic mass is 9.88. The molecule has 0 bridgehead atoms. The lowest BCUT2D eigenvalue weighted by Crippen LogP contribution is -2.17. The van der Waals surface area contributed by atoms with Crippen LogP contribution < -0.4 is 0 Å². The standard InChI is InChI=1S/C5H9NO.C5H10/c1-6-4-2-3-5(6)7;1-5-3-2-4-5/h2-4H2,1H3;5H,2-4H2,1H3. The number of hydrogen-bond donors (Lipinski definition) is 0. The van der Waals surface area contributed by atoms with Crippen molar-refractivity contribution in [3.05, 3.63) is 0 Å². The van der Waals surface area contributed by atoms with Gasteiger partial charge in [-0.25, -0.2) is 0 Å². The van der Waals surface area contributed by atoms with Crippen LogP contribution in [0.3, 0.4) is 0 Å². The largest absolute Gasteiger partial charge is 0.346 e. The second-order valence-corrected chi connectivity index (χ2v) is 3.95. The fourth-order valence-electron chi connectivity index (χ4n) is 1.40. The highest BCUT2D eigenvalue weighted by Crippen LogP contribution is 2.24. The summed E-state index contributed by atoms with van der Waals surface area (Å²) in [6, 6.07) is 0. The van der Waals surface area contributed by atoms with E-state index in [4.69, 9.17) is 0 Å². The van der Waals surface area contributed by atoms with Gasteiger partial charge < -0.3 is 4.90 Å². The van der Waals surface area contributed by atoms with Crippen LogP contribution in [0, 0.1) is 5.92 Å². The molecule has 1 heterocycles. The minimum atomic E-state index is 0.292. The van der Waals surface area contributed by atoms with E-state index in [1.807, 2.05) is 7.05 Å². The third kappa shape index (κ3) is 2.84. The summed E-state index contributed by atoms with van der Waals surface area (Å²) < 4.78 is 0. The molecule has 0 N–H and O–H groups in total. The van der Waals surface area contributed by atoms with Crippen molar-refractivity contribution in [2.45, 2.75) is 39.0 Å². The molecule has 2 rings (SSSR count). The van der Waals surface area contributed by atoms with E-state index in [1.54, 1.807) is 4.90 Å². The van der Waals surface area contributed by atoms with Gasteiger partial charge in [0, 0.05) is 20.0 Å². The van der Waals surface area contributed by atoms with Crippen LogP contribution in [-0.4, -0.2) is 24.4 Å². The molecule has 1 saturated carbocycles. The molecule has 0 radical (unpaired) electrons. The van der Waals surface area contributed by atoms with Crippen molar-refractivity contribution < 1.29 is 4.79 Å². The molecule has 1 aliphatic carbocycles. The molecule has 2 fully saturated rings. The Morgan fingerprint density at radius 2 is 1.92 bits per heavy atom. The number of likely N-dealkylation sites (tertiary alicyclic amines) is 1. The molecule has 0 spiro atoms. The van der Waals surface area contributed by atoms with Gasteiger partial charge in [0.2, 0.25) is 5.91 Å². The third-order valence-electron chi connectivity index (χ3n) is 2.70. The van der Waals surface area contributed by atoms with Gasteiger partial charge in [0.05, 0.1) is 0 Å². The summed E-state index contributed by atoms with van der Waals surface area (Å²) in [4.78, 5) is 12.3. The summed E-state index contributed by atoms with van der Waals surface area (Å²) in [5, 5.41) is 0. The van der Waals surface area contributed by atoms with Crippen LogP contribution in [-0.2, 0) is 4.79 Å². The molecule has 1 aliphatic heterocycles. The minimum absolute atomic E-state index is 0.292. The van der Waals surface area contributed by atoms with E-state index in [9.17, 15) is 4.79 Å². The zero-order valence-electron chi connectivity index (χ0n) is 8.18. The highest BCUT2D eigenvalue weighted by Gasteiger charge is 2.14. The van der Waals surface area contributed by atoms with E-state index in [2.05, 4.69) is 6.92 Å². The fraction of sp³-hybridized carbons (Fsp3) is 0.900. The molecule has 12 heavy (non-hydrogen) atoms. The highest BCUT2D eigenvalue weighted by molar-refractivity contribution is 5.77. The van der Waals surface area contributed by atoms with Crippen molar-refractivity contribution in [1.82, 2.24) is 4.90 Å². The van der Waals surface area contributed by atoms with Crippen molar-refractivity contribution >= 4 is 5.91 Å². The maximum Gasteiger partial charge on any atom is 0.222 e. The summed E-state index contributed by atoms with van der Waals surface area (Å²) >= 11 is 0. The summed E-state index contributed by atoms with van der Waals surface area (Å²) in [6.07, 6.45) is 6.27. The molecule has 0 atom stereocenters. The Kier molecular flexibility index (Phi) is 3.57. The Bertz CT molecular complexity index is 152. The predicted octanol–water partition coefficient (Wildman–Crippen LogP) is 2.04. The summed E-state index contributed by atoms with van der Waals surface area (Å²) in [6.45, 7) is 3.27. The zero-order chi connectivity index (χ0) is 8.97. The van der Waals surface area contributed by atoms with Crippen LogP contribution in [0.15, 0.2) is 0 Å². The van der Waals surface area contributed by atoms with Crippen molar-refractivity contribution in [3.63, 3.8) is 0 Å². The van der Waals surface area contributed by atoms with E-state index in [0.717, 1.165) is 25.3 Å². The molecular formula is C10H19NO. The quantitative estimate of drug-likeness (QED) is 0.543. The first-order valence-electron chi connectivity index (χ1n) is 4.94. The Balaban J connectivity index is 0.000000127. The Labute approximate surface area is 74.9 Å². The van der Waals surface area contributed by atoms with Gasteiger partial charge in [-0.2, -0.15) is 0 Å². The van der Waals surface area contributed by atoms with Gasteiger partial charge in [-0.1, -0.05) is 26.2 Å². The van der Waals surface area contributed by atoms with E-state index >= 15 is 0 Å². The van der Waals surface area contributed by atoms with Crippen LogP contribution >= 0.6 is 0 Å². The molecule has 1 amide bonds. The first-order valence-corrected chi connectivity index (χ1v) is 4.94. The number of rotatable bonds is 0. The Morgan fingerprint density at radius 3 is 2.00 bits per heavy atom. The van der Waals surface area contributed by atoms with E-state index in [-0.39, 0.29) is 0 Å². The summed E-state index contributed by atoms with van der Waals surface area (Å²) in [5.41, 5.74) is 0. The van der Waals surface area contributed by atoms with Gasteiger partial charge in [0.1, 0.15) is 0 Å². The number of carbonyl (C=O) groups excluding carboxylic acids is 1. The Morgan fingerprint density at radius 1 is 1.33 bits per heavy atom. The van der Waals surface area contributed by atoms with Gasteiger partial charge >= 0.3 is 0 Å². The van der Waals surface area contributed by atoms with Gasteiger partial charge in [-0.3, -0.25) is 4.79 Å². The van der Waals surface area contributed by atoms with Crippen molar-refractivity contribution in [1.29, 1.82) is 0 Å². The van der Waals surface area contributed by atoms with Crippen LogP contribution in [0.4, 0.5) is 0 Å². The average molecular weight is 169 g/mol. The van der Waals surface area contributed by atoms with Crippen LogP contribution in [0.2, 0.25) is 0 Å². The van der Waals surface area contributed by atoms with Crippen LogP contribution in [0.25, 0.3) is 0 Å². The van der Waals surface area contributed by atoms with Gasteiger partial charge in [0.25, 0.3) is 0 Å². The van der Waals surface area contributed by atoms with Crippen molar-refractivity contribution in [2.24, 2.45) is 5.92 Å². The van der Waals surface area contributed by atoms with Crippen LogP contribution in [0.5, 0.6) is 0 Å². The molecular weight excluding hydrogens is 150 g/mol. The zero-order valence-corrected chi connectivity index (χ0v) is 8.18. The second kappa shape index (κ2) is 4.48. The normalized spacial score (nSPS) is 23.2. The highest BCUT2D eigenvalue weighted by atomic mass is 16.2. The minimum Gasteiger partial charge on any atom is -0.346 e. The van der Waals surface area contributed by atoms with Gasteiger partial charge in [-0.15, -0.1) is 0 Å². The lowest BCUT2D eigenvalue weighted by Gasteiger charge is -2.18. The SMILES string of the molecule is CC1CCC1.CN1CCCC1=O. The number of hydrogen-bond acceptors (Lipinski definition) is 1. The predicted molar refractivity (Wildman–Crippen MR) is 49.9 cm³/mol. The summed E-state index contributed by atoms with van der Waals surface area (Å²) in [5.74, 6) is 1.36.